The van der Waals surface area contributed by atoms with Crippen LogP contribution in [-0.2, 0) is 15.6 Å². The number of halogens is 1. The molecular formula is C22H30FN3O4S2. The number of anilines is 1. The lowest BCUT2D eigenvalue weighted by Gasteiger charge is -2.30. The molecule has 3 N–H and O–H groups in total. The van der Waals surface area contributed by atoms with E-state index in [1.54, 1.807) is 0 Å². The minimum Gasteiger partial charge on any atom is -0.384 e. The van der Waals surface area contributed by atoms with Crippen molar-refractivity contribution in [1.82, 2.24) is 9.71 Å². The summed E-state index contributed by atoms with van der Waals surface area (Å²) >= 11 is 0.870. The zero-order valence-electron chi connectivity index (χ0n) is 18.7. The molecule has 0 unspecified atom stereocenters. The molecule has 10 heteroatoms. The van der Waals surface area contributed by atoms with Crippen molar-refractivity contribution in [2.45, 2.75) is 81.6 Å². The van der Waals surface area contributed by atoms with Gasteiger partial charge in [-0.25, -0.2) is 18.9 Å². The van der Waals surface area contributed by atoms with E-state index >= 15 is 0 Å². The number of thiazole rings is 1. The van der Waals surface area contributed by atoms with Crippen LogP contribution >= 0.6 is 11.3 Å². The summed E-state index contributed by atoms with van der Waals surface area (Å²) in [5.41, 5.74) is 0.494. The fourth-order valence-corrected chi connectivity index (χ4v) is 6.19. The minimum absolute atomic E-state index is 0.0899. The Morgan fingerprint density at radius 2 is 1.69 bits per heavy atom. The Hall–Kier alpha value is -2.04. The molecule has 1 aromatic carbocycles. The molecule has 2 amide bonds. The quantitative estimate of drug-likeness (QED) is 0.524. The van der Waals surface area contributed by atoms with Gasteiger partial charge in [-0.1, -0.05) is 47.0 Å². The lowest BCUT2D eigenvalue weighted by atomic mass is 9.84. The summed E-state index contributed by atoms with van der Waals surface area (Å²) in [4.78, 5) is 17.1. The van der Waals surface area contributed by atoms with Gasteiger partial charge < -0.3 is 10.4 Å². The number of rotatable bonds is 6. The number of amides is 2. The molecule has 1 aliphatic rings. The van der Waals surface area contributed by atoms with Gasteiger partial charge in [-0.15, -0.1) is 11.3 Å². The maximum absolute atomic E-state index is 14.1. The van der Waals surface area contributed by atoms with Gasteiger partial charge in [0, 0.05) is 11.9 Å². The van der Waals surface area contributed by atoms with Crippen LogP contribution in [0.15, 0.2) is 22.7 Å². The van der Waals surface area contributed by atoms with Crippen LogP contribution in [0.2, 0.25) is 0 Å². The van der Waals surface area contributed by atoms with Crippen LogP contribution in [0.25, 0.3) is 0 Å². The van der Waals surface area contributed by atoms with Crippen LogP contribution < -0.4 is 10.0 Å². The molecule has 1 fully saturated rings. The van der Waals surface area contributed by atoms with Crippen molar-refractivity contribution in [2.24, 2.45) is 0 Å². The monoisotopic (exact) mass is 483 g/mol. The molecule has 1 heterocycles. The number of carbonyl (C=O) groups is 1. The van der Waals surface area contributed by atoms with E-state index in [1.165, 1.54) is 18.3 Å². The summed E-state index contributed by atoms with van der Waals surface area (Å²) in [5, 5.41) is 13.4. The third-order valence-corrected chi connectivity index (χ3v) is 8.64. The van der Waals surface area contributed by atoms with Crippen molar-refractivity contribution in [1.29, 1.82) is 0 Å². The van der Waals surface area contributed by atoms with Crippen LogP contribution in [0, 0.1) is 5.82 Å². The first-order valence-corrected chi connectivity index (χ1v) is 13.1. The third-order valence-electron chi connectivity index (χ3n) is 5.73. The highest BCUT2D eigenvalue weighted by Crippen LogP contribution is 2.40. The second-order valence-electron chi connectivity index (χ2n) is 8.91. The van der Waals surface area contributed by atoms with E-state index < -0.39 is 27.5 Å². The van der Waals surface area contributed by atoms with Gasteiger partial charge in [-0.3, -0.25) is 0 Å². The molecule has 1 aromatic heterocycles. The highest BCUT2D eigenvalue weighted by molar-refractivity contribution is 7.92. The maximum atomic E-state index is 14.1. The Morgan fingerprint density at radius 3 is 2.22 bits per heavy atom. The van der Waals surface area contributed by atoms with Crippen LogP contribution in [-0.4, -0.2) is 24.5 Å². The molecule has 0 atom stereocenters. The highest BCUT2D eigenvalue weighted by atomic mass is 32.2. The fourth-order valence-electron chi connectivity index (χ4n) is 3.99. The normalized spacial score (nSPS) is 16.4. The number of aromatic nitrogens is 1. The second kappa shape index (κ2) is 9.44. The van der Waals surface area contributed by atoms with E-state index in [0.717, 1.165) is 30.6 Å². The molecule has 0 saturated heterocycles. The summed E-state index contributed by atoms with van der Waals surface area (Å²) in [6.45, 7) is 7.47. The first-order valence-electron chi connectivity index (χ1n) is 10.8. The summed E-state index contributed by atoms with van der Waals surface area (Å²) in [7, 11) is -4.24. The van der Waals surface area contributed by atoms with Crippen molar-refractivity contribution in [2.75, 3.05) is 5.32 Å². The van der Waals surface area contributed by atoms with Crippen molar-refractivity contribution >= 4 is 33.1 Å². The minimum atomic E-state index is -4.24. The summed E-state index contributed by atoms with van der Waals surface area (Å²) in [6, 6.07) is 1.74. The Kier molecular flexibility index (Phi) is 7.26. The molecule has 7 nitrogen and oxygen atoms in total. The summed E-state index contributed by atoms with van der Waals surface area (Å²) in [5.74, 6) is -0.590. The molecule has 0 aliphatic heterocycles. The topological polar surface area (TPSA) is 108 Å². The number of hydrogen-bond acceptors (Lipinski definition) is 6. The number of hydrogen-bond donors (Lipinski definition) is 3. The Balaban J connectivity index is 1.82. The number of sulfonamides is 1. The van der Waals surface area contributed by atoms with Gasteiger partial charge in [0.1, 0.15) is 11.4 Å². The average Bonchev–Trinajstić information content (AvgIpc) is 3.21. The molecule has 0 spiro atoms. The molecule has 3 rings (SSSR count). The lowest BCUT2D eigenvalue weighted by molar-refractivity contribution is 0.00264. The van der Waals surface area contributed by atoms with E-state index in [0.29, 0.717) is 34.5 Å². The average molecular weight is 484 g/mol. The van der Waals surface area contributed by atoms with Crippen molar-refractivity contribution in [3.8, 4) is 0 Å². The Bertz CT molecular complexity index is 1060. The zero-order chi connectivity index (χ0) is 23.7. The smallest absolute Gasteiger partial charge is 0.333 e. The van der Waals surface area contributed by atoms with Crippen molar-refractivity contribution in [3.63, 3.8) is 0 Å². The van der Waals surface area contributed by atoms with Crippen LogP contribution in [0.4, 0.5) is 14.9 Å². The molecule has 0 bridgehead atoms. The van der Waals surface area contributed by atoms with Gasteiger partial charge in [0.15, 0.2) is 0 Å². The van der Waals surface area contributed by atoms with E-state index in [2.05, 4.69) is 10.3 Å². The highest BCUT2D eigenvalue weighted by Gasteiger charge is 2.35. The number of aliphatic hydroxyl groups is 1. The zero-order valence-corrected chi connectivity index (χ0v) is 20.4. The Morgan fingerprint density at radius 1 is 1.12 bits per heavy atom. The third kappa shape index (κ3) is 5.29. The Labute approximate surface area is 192 Å². The van der Waals surface area contributed by atoms with Gasteiger partial charge >= 0.3 is 6.03 Å². The fraction of sp³-hybridized carbons (Fsp3) is 0.545. The van der Waals surface area contributed by atoms with Crippen LogP contribution in [0.1, 0.15) is 87.6 Å². The van der Waals surface area contributed by atoms with Crippen molar-refractivity contribution in [3.05, 3.63) is 40.2 Å². The van der Waals surface area contributed by atoms with E-state index in [-0.39, 0.29) is 16.2 Å². The maximum Gasteiger partial charge on any atom is 0.333 e. The molecule has 2 aromatic rings. The number of benzene rings is 1. The molecule has 32 heavy (non-hydrogen) atoms. The summed E-state index contributed by atoms with van der Waals surface area (Å²) in [6.07, 6.45) is 5.26. The van der Waals surface area contributed by atoms with Crippen molar-refractivity contribution < 1.29 is 22.7 Å². The van der Waals surface area contributed by atoms with Gasteiger partial charge in [0.2, 0.25) is 4.34 Å². The first-order chi connectivity index (χ1) is 14.9. The molecular weight excluding hydrogens is 453 g/mol. The predicted octanol–water partition coefficient (Wildman–Crippen LogP) is 5.19. The molecule has 1 saturated carbocycles. The van der Waals surface area contributed by atoms with Crippen LogP contribution in [0.3, 0.4) is 0 Å². The van der Waals surface area contributed by atoms with Gasteiger partial charge in [0.25, 0.3) is 10.0 Å². The first kappa shape index (κ1) is 24.6. The predicted molar refractivity (Wildman–Crippen MR) is 123 cm³/mol. The van der Waals surface area contributed by atoms with Gasteiger partial charge in [-0.05, 0) is 47.9 Å². The number of nitrogens with one attached hydrogen (secondary N) is 2. The molecule has 176 valence electrons. The standard InChI is InChI=1S/C22H30FN3O4S2/c1-13(2)16-10-15(23)11-17(14(3)4)19(16)25-20(27)26-32(29,30)21-24-12-18(31-21)22(28)8-6-5-7-9-22/h10-14,28H,5-9H2,1-4H3,(H2,25,26,27). The number of nitrogens with zero attached hydrogens (tertiary/aromatic N) is 1. The SMILES string of the molecule is CC(C)c1cc(F)cc(C(C)C)c1NC(=O)NS(=O)(=O)c1ncc(C2(O)CCCCC2)s1. The van der Waals surface area contributed by atoms with E-state index in [9.17, 15) is 22.7 Å². The van der Waals surface area contributed by atoms with Crippen LogP contribution in [0.5, 0.6) is 0 Å². The largest absolute Gasteiger partial charge is 0.384 e. The van der Waals surface area contributed by atoms with Gasteiger partial charge in [0.05, 0.1) is 4.88 Å². The molecule has 1 aliphatic carbocycles. The van der Waals surface area contributed by atoms with E-state index in [4.69, 9.17) is 0 Å². The molecule has 0 radical (unpaired) electrons. The number of urea groups is 1. The second-order valence-corrected chi connectivity index (χ2v) is 11.8. The van der Waals surface area contributed by atoms with Gasteiger partial charge in [-0.2, -0.15) is 8.42 Å². The summed E-state index contributed by atoms with van der Waals surface area (Å²) < 4.78 is 41.3. The van der Waals surface area contributed by atoms with E-state index in [1.807, 2.05) is 32.4 Å². The number of carbonyl (C=O) groups excluding carboxylic acids is 1. The lowest BCUT2D eigenvalue weighted by Crippen LogP contribution is -2.35.